The number of imidazole rings is 1. The number of H-pyrrole nitrogens is 1. The van der Waals surface area contributed by atoms with E-state index < -0.39 is 0 Å². The van der Waals surface area contributed by atoms with Crippen LogP contribution in [0, 0.1) is 6.92 Å². The summed E-state index contributed by atoms with van der Waals surface area (Å²) in [5.41, 5.74) is 3.44. The van der Waals surface area contributed by atoms with E-state index in [-0.39, 0.29) is 5.91 Å². The van der Waals surface area contributed by atoms with Crippen LogP contribution in [0.5, 0.6) is 0 Å². The number of carbonyl (C=O) groups excluding carboxylic acids is 1. The minimum absolute atomic E-state index is 0.0838. The molecule has 3 aromatic rings. The summed E-state index contributed by atoms with van der Waals surface area (Å²) >= 11 is 0. The van der Waals surface area contributed by atoms with Crippen molar-refractivity contribution in [2.24, 2.45) is 0 Å². The number of hydrogen-bond donors (Lipinski definition) is 1. The van der Waals surface area contributed by atoms with Gasteiger partial charge in [-0.15, -0.1) is 0 Å². The molecule has 26 heavy (non-hydrogen) atoms. The molecule has 1 aromatic carbocycles. The second-order valence-electron chi connectivity index (χ2n) is 6.79. The Morgan fingerprint density at radius 2 is 2.00 bits per heavy atom. The van der Waals surface area contributed by atoms with Gasteiger partial charge in [-0.3, -0.25) is 4.79 Å². The number of hydrogen-bond acceptors (Lipinski definition) is 5. The molecule has 1 aliphatic heterocycles. The van der Waals surface area contributed by atoms with Gasteiger partial charge in [-0.05, 0) is 38.0 Å². The molecule has 0 bridgehead atoms. The maximum atomic E-state index is 12.8. The van der Waals surface area contributed by atoms with Crippen molar-refractivity contribution in [3.63, 3.8) is 0 Å². The second kappa shape index (κ2) is 6.74. The number of aryl methyl sites for hydroxylation is 1. The molecular weight excluding hydrogens is 328 g/mol. The molecule has 0 saturated carbocycles. The number of rotatable bonds is 3. The fraction of sp³-hybridized carbons (Fsp3) is 0.368. The summed E-state index contributed by atoms with van der Waals surface area (Å²) < 4.78 is 0. The number of amides is 1. The van der Waals surface area contributed by atoms with E-state index in [1.165, 1.54) is 0 Å². The highest BCUT2D eigenvalue weighted by Crippen LogP contribution is 2.22. The lowest BCUT2D eigenvalue weighted by Crippen LogP contribution is -2.45. The van der Waals surface area contributed by atoms with Gasteiger partial charge in [0, 0.05) is 43.5 Å². The van der Waals surface area contributed by atoms with Crippen molar-refractivity contribution in [1.82, 2.24) is 24.8 Å². The van der Waals surface area contributed by atoms with Crippen LogP contribution in [-0.4, -0.2) is 56.9 Å². The van der Waals surface area contributed by atoms with Crippen LogP contribution < -0.4 is 4.90 Å². The summed E-state index contributed by atoms with van der Waals surface area (Å²) in [6.45, 7) is 3.47. The zero-order chi connectivity index (χ0) is 18.1. The Labute approximate surface area is 152 Å². The van der Waals surface area contributed by atoms with Gasteiger partial charge in [0.1, 0.15) is 12.1 Å². The minimum atomic E-state index is 0.0838. The molecule has 4 rings (SSSR count). The Morgan fingerprint density at radius 1 is 1.19 bits per heavy atom. The molecule has 1 N–H and O–H groups in total. The number of fused-ring (bicyclic) bond motifs is 1. The van der Waals surface area contributed by atoms with E-state index in [1.807, 2.05) is 36.1 Å². The monoisotopic (exact) mass is 350 g/mol. The van der Waals surface area contributed by atoms with Crippen LogP contribution >= 0.6 is 0 Å². The first-order chi connectivity index (χ1) is 12.6. The van der Waals surface area contributed by atoms with E-state index in [2.05, 4.69) is 31.9 Å². The maximum Gasteiger partial charge on any atom is 0.253 e. The van der Waals surface area contributed by atoms with Crippen LogP contribution in [0.25, 0.3) is 11.0 Å². The summed E-state index contributed by atoms with van der Waals surface area (Å²) in [4.78, 5) is 32.7. The van der Waals surface area contributed by atoms with E-state index in [1.54, 1.807) is 12.7 Å². The summed E-state index contributed by atoms with van der Waals surface area (Å²) in [6.07, 6.45) is 5.11. The highest BCUT2D eigenvalue weighted by molar-refractivity contribution is 5.97. The minimum Gasteiger partial charge on any atom is -0.356 e. The van der Waals surface area contributed by atoms with Crippen LogP contribution in [0.2, 0.25) is 0 Å². The molecular formula is C19H22N6O. The van der Waals surface area contributed by atoms with Crippen molar-refractivity contribution in [2.45, 2.75) is 25.8 Å². The Balaban J connectivity index is 1.42. The maximum absolute atomic E-state index is 12.8. The number of nitrogens with one attached hydrogen (secondary N) is 1. The number of carbonyl (C=O) groups is 1. The lowest BCUT2D eigenvalue weighted by molar-refractivity contribution is 0.0713. The predicted octanol–water partition coefficient (Wildman–Crippen LogP) is 2.40. The van der Waals surface area contributed by atoms with Gasteiger partial charge in [0.2, 0.25) is 0 Å². The van der Waals surface area contributed by atoms with Gasteiger partial charge in [-0.2, -0.15) is 0 Å². The normalized spacial score (nSPS) is 15.4. The van der Waals surface area contributed by atoms with Crippen LogP contribution in [0.1, 0.15) is 28.9 Å². The van der Waals surface area contributed by atoms with Crippen molar-refractivity contribution in [3.8, 4) is 0 Å². The summed E-state index contributed by atoms with van der Waals surface area (Å²) in [5.74, 6) is 1.02. The molecule has 0 aliphatic carbocycles. The van der Waals surface area contributed by atoms with E-state index in [0.29, 0.717) is 11.6 Å². The molecule has 0 unspecified atom stereocenters. The first-order valence-electron chi connectivity index (χ1n) is 8.86. The van der Waals surface area contributed by atoms with Gasteiger partial charge in [0.15, 0.2) is 0 Å². The van der Waals surface area contributed by atoms with Crippen molar-refractivity contribution >= 4 is 22.8 Å². The van der Waals surface area contributed by atoms with Crippen LogP contribution in [0.15, 0.2) is 36.9 Å². The molecule has 1 amide bonds. The smallest absolute Gasteiger partial charge is 0.253 e. The van der Waals surface area contributed by atoms with Crippen molar-refractivity contribution < 1.29 is 4.79 Å². The average molecular weight is 350 g/mol. The summed E-state index contributed by atoms with van der Waals surface area (Å²) in [6, 6.07) is 8.00. The van der Waals surface area contributed by atoms with Gasteiger partial charge >= 0.3 is 0 Å². The quantitative estimate of drug-likeness (QED) is 0.785. The standard InChI is InChI=1S/C19H22N6O/c1-13-9-18(23-11-20-13)24(2)15-5-7-25(8-6-15)19(26)14-3-4-16-17(10-14)22-12-21-16/h3-4,9-12,15H,5-8H2,1-2H3,(H,21,22). The summed E-state index contributed by atoms with van der Waals surface area (Å²) in [7, 11) is 2.07. The Morgan fingerprint density at radius 3 is 2.77 bits per heavy atom. The number of aromatic nitrogens is 4. The van der Waals surface area contributed by atoms with Gasteiger partial charge in [-0.1, -0.05) is 0 Å². The average Bonchev–Trinajstić information content (AvgIpc) is 3.15. The van der Waals surface area contributed by atoms with Gasteiger partial charge in [-0.25, -0.2) is 15.0 Å². The molecule has 7 heteroatoms. The molecule has 0 atom stereocenters. The molecule has 1 saturated heterocycles. The Bertz CT molecular complexity index is 928. The topological polar surface area (TPSA) is 78.0 Å². The number of benzene rings is 1. The van der Waals surface area contributed by atoms with Crippen molar-refractivity contribution in [2.75, 3.05) is 25.0 Å². The molecule has 1 fully saturated rings. The zero-order valence-corrected chi connectivity index (χ0v) is 15.0. The number of likely N-dealkylation sites (tertiary alicyclic amines) is 1. The molecule has 0 spiro atoms. The molecule has 134 valence electrons. The molecule has 1 aliphatic rings. The van der Waals surface area contributed by atoms with Gasteiger partial charge < -0.3 is 14.8 Å². The molecule has 3 heterocycles. The van der Waals surface area contributed by atoms with Crippen LogP contribution in [0.3, 0.4) is 0 Å². The lowest BCUT2D eigenvalue weighted by atomic mass is 10.0. The van der Waals surface area contributed by atoms with Crippen molar-refractivity contribution in [1.29, 1.82) is 0 Å². The Kier molecular flexibility index (Phi) is 4.28. The number of piperidine rings is 1. The molecule has 7 nitrogen and oxygen atoms in total. The fourth-order valence-corrected chi connectivity index (χ4v) is 3.53. The van der Waals surface area contributed by atoms with Crippen LogP contribution in [-0.2, 0) is 0 Å². The van der Waals surface area contributed by atoms with E-state index in [0.717, 1.165) is 48.5 Å². The third-order valence-corrected chi connectivity index (χ3v) is 5.12. The van der Waals surface area contributed by atoms with E-state index >= 15 is 0 Å². The Hall–Kier alpha value is -2.96. The second-order valence-corrected chi connectivity index (χ2v) is 6.79. The lowest BCUT2D eigenvalue weighted by Gasteiger charge is -2.37. The van der Waals surface area contributed by atoms with E-state index in [4.69, 9.17) is 0 Å². The van der Waals surface area contributed by atoms with Crippen molar-refractivity contribution in [3.05, 3.63) is 48.2 Å². The third kappa shape index (κ3) is 3.12. The number of anilines is 1. The summed E-state index contributed by atoms with van der Waals surface area (Å²) in [5, 5.41) is 0. The number of nitrogens with zero attached hydrogens (tertiary/aromatic N) is 5. The predicted molar refractivity (Wildman–Crippen MR) is 100 cm³/mol. The van der Waals surface area contributed by atoms with Crippen LogP contribution in [0.4, 0.5) is 5.82 Å². The van der Waals surface area contributed by atoms with E-state index in [9.17, 15) is 4.79 Å². The highest BCUT2D eigenvalue weighted by Gasteiger charge is 2.26. The SMILES string of the molecule is Cc1cc(N(C)C2CCN(C(=O)c3ccc4nc[nH]c4c3)CC2)ncn1. The zero-order valence-electron chi connectivity index (χ0n) is 15.0. The first kappa shape index (κ1) is 16.5. The van der Waals surface area contributed by atoms with Gasteiger partial charge in [0.05, 0.1) is 17.4 Å². The largest absolute Gasteiger partial charge is 0.356 e. The third-order valence-electron chi connectivity index (χ3n) is 5.12. The highest BCUT2D eigenvalue weighted by atomic mass is 16.2. The number of aromatic amines is 1. The first-order valence-corrected chi connectivity index (χ1v) is 8.86. The van der Waals surface area contributed by atoms with Gasteiger partial charge in [0.25, 0.3) is 5.91 Å². The molecule has 0 radical (unpaired) electrons. The fourth-order valence-electron chi connectivity index (χ4n) is 3.53. The molecule has 2 aromatic heterocycles.